The minimum absolute atomic E-state index is 0.508. The van der Waals surface area contributed by atoms with Crippen molar-refractivity contribution in [3.05, 3.63) is 48.0 Å². The van der Waals surface area contributed by atoms with Crippen molar-refractivity contribution in [2.75, 3.05) is 81.4 Å². The number of imidazole rings is 1. The van der Waals surface area contributed by atoms with Crippen LogP contribution in [-0.4, -0.2) is 91.0 Å². The number of morpholine rings is 1. The quantitative estimate of drug-likeness (QED) is 0.366. The standard InChI is InChI=1S/C26H29ClN8O3/c1-36-22-15-23(37-2)20(27)14-19(22)21-16-35-4-3-18(13-24(35)30-21)32-5-7-33(8-6-32)25-28-17-29-26(31-25)34-9-11-38-12-10-34/h3-4,13-17H,5-12H2,1-2H3. The predicted molar refractivity (Wildman–Crippen MR) is 146 cm³/mol. The van der Waals surface area contributed by atoms with Crippen LogP contribution in [0.5, 0.6) is 11.5 Å². The first-order chi connectivity index (χ1) is 18.6. The summed E-state index contributed by atoms with van der Waals surface area (Å²) in [5.41, 5.74) is 3.56. The van der Waals surface area contributed by atoms with E-state index in [1.807, 2.05) is 22.9 Å². The topological polar surface area (TPSA) is 93.4 Å². The zero-order valence-corrected chi connectivity index (χ0v) is 22.1. The van der Waals surface area contributed by atoms with Gasteiger partial charge in [0.05, 0.1) is 38.1 Å². The summed E-state index contributed by atoms with van der Waals surface area (Å²) in [7, 11) is 3.21. The number of piperazine rings is 1. The maximum absolute atomic E-state index is 6.39. The minimum Gasteiger partial charge on any atom is -0.496 e. The fraction of sp³-hybridized carbons (Fsp3) is 0.385. The number of methoxy groups -OCH3 is 2. The third-order valence-electron chi connectivity index (χ3n) is 6.96. The average Bonchev–Trinajstić information content (AvgIpc) is 3.41. The summed E-state index contributed by atoms with van der Waals surface area (Å²) in [5, 5.41) is 0.508. The van der Waals surface area contributed by atoms with E-state index < -0.39 is 0 Å². The van der Waals surface area contributed by atoms with E-state index in [9.17, 15) is 0 Å². The second-order valence-corrected chi connectivity index (χ2v) is 9.53. The van der Waals surface area contributed by atoms with Gasteiger partial charge in [0.2, 0.25) is 11.9 Å². The molecule has 0 radical (unpaired) electrons. The SMILES string of the molecule is COc1cc(OC)c(-c2cn3ccc(N4CCN(c5ncnc(N6CCOCC6)n5)CC4)cc3n2)cc1Cl. The molecule has 12 heteroatoms. The molecule has 0 spiro atoms. The van der Waals surface area contributed by atoms with Crippen LogP contribution < -0.4 is 24.2 Å². The van der Waals surface area contributed by atoms with Crippen molar-refractivity contribution in [3.63, 3.8) is 0 Å². The van der Waals surface area contributed by atoms with E-state index in [4.69, 9.17) is 35.8 Å². The van der Waals surface area contributed by atoms with E-state index in [2.05, 4.69) is 36.8 Å². The van der Waals surface area contributed by atoms with Gasteiger partial charge in [-0.3, -0.25) is 0 Å². The molecule has 0 saturated carbocycles. The normalized spacial score (nSPS) is 16.2. The summed E-state index contributed by atoms with van der Waals surface area (Å²) in [5.74, 6) is 2.66. The Labute approximate surface area is 225 Å². The van der Waals surface area contributed by atoms with E-state index in [0.717, 1.165) is 73.8 Å². The number of ether oxygens (including phenoxy) is 3. The summed E-state index contributed by atoms with van der Waals surface area (Å²) in [4.78, 5) is 25.2. The maximum Gasteiger partial charge on any atom is 0.230 e. The summed E-state index contributed by atoms with van der Waals surface area (Å²) in [6, 6.07) is 7.83. The summed E-state index contributed by atoms with van der Waals surface area (Å²) >= 11 is 6.39. The van der Waals surface area contributed by atoms with Crippen LogP contribution in [0.2, 0.25) is 5.02 Å². The van der Waals surface area contributed by atoms with Gasteiger partial charge < -0.3 is 33.3 Å². The van der Waals surface area contributed by atoms with Crippen molar-refractivity contribution >= 4 is 34.8 Å². The monoisotopic (exact) mass is 536 g/mol. The number of aromatic nitrogens is 5. The Morgan fingerprint density at radius 2 is 1.50 bits per heavy atom. The number of hydrogen-bond donors (Lipinski definition) is 0. The van der Waals surface area contributed by atoms with Gasteiger partial charge in [0, 0.05) is 75.0 Å². The molecule has 0 bridgehead atoms. The van der Waals surface area contributed by atoms with E-state index in [1.54, 1.807) is 26.6 Å². The molecule has 38 heavy (non-hydrogen) atoms. The zero-order valence-electron chi connectivity index (χ0n) is 21.4. The Morgan fingerprint density at radius 3 is 2.21 bits per heavy atom. The molecule has 2 fully saturated rings. The second-order valence-electron chi connectivity index (χ2n) is 9.12. The van der Waals surface area contributed by atoms with Crippen molar-refractivity contribution in [2.45, 2.75) is 0 Å². The highest BCUT2D eigenvalue weighted by atomic mass is 35.5. The first-order valence-electron chi connectivity index (χ1n) is 12.6. The molecule has 2 aliphatic heterocycles. The second kappa shape index (κ2) is 10.5. The molecule has 0 aliphatic carbocycles. The van der Waals surface area contributed by atoms with Crippen LogP contribution in [-0.2, 0) is 4.74 Å². The number of halogens is 1. The highest BCUT2D eigenvalue weighted by molar-refractivity contribution is 6.32. The average molecular weight is 537 g/mol. The van der Waals surface area contributed by atoms with Crippen LogP contribution in [0.3, 0.4) is 0 Å². The Hall–Kier alpha value is -3.83. The van der Waals surface area contributed by atoms with Crippen molar-refractivity contribution in [3.8, 4) is 22.8 Å². The number of fused-ring (bicyclic) bond motifs is 1. The fourth-order valence-electron chi connectivity index (χ4n) is 4.87. The van der Waals surface area contributed by atoms with E-state index >= 15 is 0 Å². The van der Waals surface area contributed by atoms with Crippen LogP contribution in [0.25, 0.3) is 16.9 Å². The lowest BCUT2D eigenvalue weighted by Crippen LogP contribution is -2.47. The van der Waals surface area contributed by atoms with Gasteiger partial charge in [-0.1, -0.05) is 11.6 Å². The maximum atomic E-state index is 6.39. The van der Waals surface area contributed by atoms with Crippen molar-refractivity contribution in [1.29, 1.82) is 0 Å². The van der Waals surface area contributed by atoms with E-state index in [0.29, 0.717) is 29.7 Å². The summed E-state index contributed by atoms with van der Waals surface area (Å²) in [6.07, 6.45) is 5.62. The molecule has 1 aromatic carbocycles. The Kier molecular flexibility index (Phi) is 6.77. The summed E-state index contributed by atoms with van der Waals surface area (Å²) in [6.45, 7) is 6.33. The Balaban J connectivity index is 1.17. The molecule has 4 aromatic rings. The lowest BCUT2D eigenvalue weighted by atomic mass is 10.1. The van der Waals surface area contributed by atoms with Crippen molar-refractivity contribution in [2.24, 2.45) is 0 Å². The molecule has 0 N–H and O–H groups in total. The molecule has 0 amide bonds. The molecule has 198 valence electrons. The van der Waals surface area contributed by atoms with Gasteiger partial charge in [-0.25, -0.2) is 15.0 Å². The van der Waals surface area contributed by atoms with Gasteiger partial charge in [-0.2, -0.15) is 4.98 Å². The fourth-order valence-corrected chi connectivity index (χ4v) is 5.11. The Morgan fingerprint density at radius 1 is 0.816 bits per heavy atom. The third kappa shape index (κ3) is 4.74. The molecule has 0 unspecified atom stereocenters. The smallest absolute Gasteiger partial charge is 0.230 e. The van der Waals surface area contributed by atoms with Gasteiger partial charge in [-0.15, -0.1) is 0 Å². The molecule has 2 aliphatic rings. The molecular weight excluding hydrogens is 508 g/mol. The highest BCUT2D eigenvalue weighted by Gasteiger charge is 2.22. The largest absolute Gasteiger partial charge is 0.496 e. The van der Waals surface area contributed by atoms with E-state index in [-0.39, 0.29) is 0 Å². The number of pyridine rings is 1. The van der Waals surface area contributed by atoms with Crippen LogP contribution in [0.1, 0.15) is 0 Å². The van der Waals surface area contributed by atoms with E-state index in [1.165, 1.54) is 0 Å². The van der Waals surface area contributed by atoms with Gasteiger partial charge in [0.1, 0.15) is 23.5 Å². The lowest BCUT2D eigenvalue weighted by Gasteiger charge is -2.36. The van der Waals surface area contributed by atoms with Gasteiger partial charge in [0.25, 0.3) is 0 Å². The number of anilines is 3. The number of rotatable bonds is 6. The number of benzene rings is 1. The number of nitrogens with zero attached hydrogens (tertiary/aromatic N) is 8. The first kappa shape index (κ1) is 24.5. The molecule has 3 aromatic heterocycles. The minimum atomic E-state index is 0.508. The molecule has 2 saturated heterocycles. The molecule has 5 heterocycles. The molecule has 11 nitrogen and oxygen atoms in total. The molecule has 6 rings (SSSR count). The third-order valence-corrected chi connectivity index (χ3v) is 7.26. The van der Waals surface area contributed by atoms with Crippen LogP contribution in [0.15, 0.2) is 43.0 Å². The molecule has 0 atom stereocenters. The highest BCUT2D eigenvalue weighted by Crippen LogP contribution is 2.38. The Bertz CT molecular complexity index is 1430. The predicted octanol–water partition coefficient (Wildman–Crippen LogP) is 3.02. The van der Waals surface area contributed by atoms with Gasteiger partial charge in [0.15, 0.2) is 0 Å². The number of hydrogen-bond acceptors (Lipinski definition) is 10. The van der Waals surface area contributed by atoms with Crippen molar-refractivity contribution in [1.82, 2.24) is 24.3 Å². The summed E-state index contributed by atoms with van der Waals surface area (Å²) < 4.78 is 18.4. The first-order valence-corrected chi connectivity index (χ1v) is 12.9. The van der Waals surface area contributed by atoms with Crippen molar-refractivity contribution < 1.29 is 14.2 Å². The van der Waals surface area contributed by atoms with Crippen LogP contribution in [0, 0.1) is 0 Å². The van der Waals surface area contributed by atoms with Gasteiger partial charge >= 0.3 is 0 Å². The van der Waals surface area contributed by atoms with Crippen LogP contribution in [0.4, 0.5) is 17.6 Å². The van der Waals surface area contributed by atoms with Crippen LogP contribution >= 0.6 is 11.6 Å². The molecular formula is C26H29ClN8O3. The van der Waals surface area contributed by atoms with Gasteiger partial charge in [-0.05, 0) is 12.1 Å². The zero-order chi connectivity index (χ0) is 26.1. The lowest BCUT2D eigenvalue weighted by molar-refractivity contribution is 0.122.